The maximum Gasteiger partial charge on any atom is 0.0975 e. The maximum atomic E-state index is 5.78. The van der Waals surface area contributed by atoms with Crippen molar-refractivity contribution < 1.29 is 4.74 Å². The van der Waals surface area contributed by atoms with E-state index >= 15 is 0 Å². The summed E-state index contributed by atoms with van der Waals surface area (Å²) in [5, 5.41) is 0. The number of hydrogen-bond donors (Lipinski definition) is 1. The van der Waals surface area contributed by atoms with Gasteiger partial charge in [-0.1, -0.05) is 0 Å². The molecule has 0 amide bonds. The van der Waals surface area contributed by atoms with Gasteiger partial charge in [0, 0.05) is 31.1 Å². The van der Waals surface area contributed by atoms with Gasteiger partial charge in [0.15, 0.2) is 0 Å². The van der Waals surface area contributed by atoms with E-state index in [1.54, 1.807) is 7.11 Å². The first-order chi connectivity index (χ1) is 6.76. The summed E-state index contributed by atoms with van der Waals surface area (Å²) in [6.45, 7) is 4.12. The van der Waals surface area contributed by atoms with Crippen molar-refractivity contribution in [1.82, 2.24) is 4.90 Å². The van der Waals surface area contributed by atoms with Crippen molar-refractivity contribution in [3.8, 4) is 0 Å². The molecule has 2 heterocycles. The molecule has 0 saturated carbocycles. The highest BCUT2D eigenvalue weighted by molar-refractivity contribution is 5.85. The molecular formula is C11H21ClN2O. The second-order valence-electron chi connectivity index (χ2n) is 4.40. The van der Waals surface area contributed by atoms with E-state index in [1.165, 1.54) is 12.8 Å². The van der Waals surface area contributed by atoms with Crippen LogP contribution in [-0.4, -0.2) is 37.2 Å². The Hall–Kier alpha value is -0.250. The summed E-state index contributed by atoms with van der Waals surface area (Å²) in [4.78, 5) is 2.51. The predicted molar refractivity (Wildman–Crippen MR) is 64.1 cm³/mol. The highest BCUT2D eigenvalue weighted by Crippen LogP contribution is 2.33. The summed E-state index contributed by atoms with van der Waals surface area (Å²) in [6.07, 6.45) is 4.74. The number of halogens is 1. The van der Waals surface area contributed by atoms with Crippen molar-refractivity contribution >= 4 is 12.4 Å². The van der Waals surface area contributed by atoms with Crippen LogP contribution >= 0.6 is 12.4 Å². The van der Waals surface area contributed by atoms with E-state index in [1.807, 2.05) is 0 Å². The second-order valence-corrected chi connectivity index (χ2v) is 4.40. The van der Waals surface area contributed by atoms with Crippen LogP contribution in [0.25, 0.3) is 0 Å². The fourth-order valence-corrected chi connectivity index (χ4v) is 2.69. The van der Waals surface area contributed by atoms with Gasteiger partial charge in [-0.25, -0.2) is 0 Å². The fourth-order valence-electron chi connectivity index (χ4n) is 2.69. The van der Waals surface area contributed by atoms with Crippen LogP contribution in [0.15, 0.2) is 11.8 Å². The average Bonchev–Trinajstić information content (AvgIpc) is 2.23. The highest BCUT2D eigenvalue weighted by atomic mass is 35.5. The molecule has 0 aromatic rings. The van der Waals surface area contributed by atoms with Crippen LogP contribution in [0.1, 0.15) is 19.8 Å². The first kappa shape index (κ1) is 12.8. The van der Waals surface area contributed by atoms with Gasteiger partial charge in [0.1, 0.15) is 0 Å². The van der Waals surface area contributed by atoms with E-state index in [0.29, 0.717) is 24.5 Å². The Morgan fingerprint density at radius 1 is 1.53 bits per heavy atom. The lowest BCUT2D eigenvalue weighted by Gasteiger charge is -2.45. The van der Waals surface area contributed by atoms with Crippen LogP contribution in [0.3, 0.4) is 0 Å². The minimum Gasteiger partial charge on any atom is -0.501 e. The van der Waals surface area contributed by atoms with Gasteiger partial charge < -0.3 is 10.5 Å². The predicted octanol–water partition coefficient (Wildman–Crippen LogP) is 1.38. The first-order valence-electron chi connectivity index (χ1n) is 5.47. The SMILES string of the molecule is COC1=CC(CN)N2CC1CCC2C.Cl. The molecule has 0 aliphatic carbocycles. The smallest absolute Gasteiger partial charge is 0.0975 e. The Kier molecular flexibility index (Phi) is 4.44. The molecule has 4 unspecified atom stereocenters. The summed E-state index contributed by atoms with van der Waals surface area (Å²) in [5.41, 5.74) is 5.78. The van der Waals surface area contributed by atoms with Crippen LogP contribution in [0, 0.1) is 5.92 Å². The molecule has 0 radical (unpaired) electrons. The second kappa shape index (κ2) is 5.19. The monoisotopic (exact) mass is 232 g/mol. The maximum absolute atomic E-state index is 5.78. The molecule has 0 aromatic carbocycles. The molecular weight excluding hydrogens is 212 g/mol. The Bertz CT molecular complexity index is 245. The van der Waals surface area contributed by atoms with E-state index < -0.39 is 0 Å². The lowest BCUT2D eigenvalue weighted by Crippen LogP contribution is -2.53. The zero-order chi connectivity index (χ0) is 10.1. The number of fused-ring (bicyclic) bond motifs is 2. The van der Waals surface area contributed by atoms with Crippen LogP contribution in [0.5, 0.6) is 0 Å². The number of rotatable bonds is 2. The molecule has 88 valence electrons. The largest absolute Gasteiger partial charge is 0.501 e. The Labute approximate surface area is 98.1 Å². The standard InChI is InChI=1S/C11H20N2O.ClH/c1-8-3-4-9-7-13(8)10(6-12)5-11(9)14-2;/h5,8-10H,3-4,6-7,12H2,1-2H3;1H. The normalized spacial score (nSPS) is 39.0. The van der Waals surface area contributed by atoms with Crippen LogP contribution < -0.4 is 5.73 Å². The van der Waals surface area contributed by atoms with E-state index in [-0.39, 0.29) is 12.4 Å². The first-order valence-corrected chi connectivity index (χ1v) is 5.47. The van der Waals surface area contributed by atoms with Crippen LogP contribution in [0.4, 0.5) is 0 Å². The van der Waals surface area contributed by atoms with Crippen molar-refractivity contribution in [2.75, 3.05) is 20.2 Å². The number of methoxy groups -OCH3 is 1. The molecule has 1 saturated heterocycles. The van der Waals surface area contributed by atoms with Crippen molar-refractivity contribution in [1.29, 1.82) is 0 Å². The highest BCUT2D eigenvalue weighted by Gasteiger charge is 2.35. The van der Waals surface area contributed by atoms with Gasteiger partial charge in [0.25, 0.3) is 0 Å². The molecule has 2 rings (SSSR count). The molecule has 0 spiro atoms. The number of hydrogen-bond acceptors (Lipinski definition) is 3. The van der Waals surface area contributed by atoms with E-state index in [0.717, 1.165) is 12.3 Å². The van der Waals surface area contributed by atoms with Gasteiger partial charge in [-0.15, -0.1) is 12.4 Å². The Balaban J connectivity index is 0.00000112. The van der Waals surface area contributed by atoms with E-state index in [4.69, 9.17) is 10.5 Å². The topological polar surface area (TPSA) is 38.5 Å². The van der Waals surface area contributed by atoms with Crippen molar-refractivity contribution in [3.05, 3.63) is 11.8 Å². The zero-order valence-electron chi connectivity index (χ0n) is 9.48. The summed E-state index contributed by atoms with van der Waals surface area (Å²) in [6, 6.07) is 1.06. The molecule has 2 aliphatic rings. The third-order valence-electron chi connectivity index (χ3n) is 3.59. The zero-order valence-corrected chi connectivity index (χ0v) is 10.3. The minimum absolute atomic E-state index is 0. The van der Waals surface area contributed by atoms with Crippen LogP contribution in [0.2, 0.25) is 0 Å². The summed E-state index contributed by atoms with van der Waals surface area (Å²) < 4.78 is 5.42. The Morgan fingerprint density at radius 2 is 2.27 bits per heavy atom. The van der Waals surface area contributed by atoms with E-state index in [2.05, 4.69) is 17.9 Å². The molecule has 4 heteroatoms. The molecule has 0 aromatic heterocycles. The van der Waals surface area contributed by atoms with Crippen molar-refractivity contribution in [2.45, 2.75) is 31.8 Å². The van der Waals surface area contributed by atoms with Gasteiger partial charge >= 0.3 is 0 Å². The summed E-state index contributed by atoms with van der Waals surface area (Å²) in [5.74, 6) is 1.77. The van der Waals surface area contributed by atoms with Gasteiger partial charge in [-0.2, -0.15) is 0 Å². The molecule has 3 nitrogen and oxygen atoms in total. The van der Waals surface area contributed by atoms with Crippen molar-refractivity contribution in [3.63, 3.8) is 0 Å². The molecule has 2 N–H and O–H groups in total. The molecule has 2 bridgehead atoms. The lowest BCUT2D eigenvalue weighted by atomic mass is 9.86. The third-order valence-corrected chi connectivity index (χ3v) is 3.59. The molecule has 2 aliphatic heterocycles. The summed E-state index contributed by atoms with van der Waals surface area (Å²) in [7, 11) is 1.77. The quantitative estimate of drug-likeness (QED) is 0.782. The van der Waals surface area contributed by atoms with Crippen LogP contribution in [-0.2, 0) is 4.74 Å². The third kappa shape index (κ3) is 2.30. The Morgan fingerprint density at radius 3 is 2.87 bits per heavy atom. The van der Waals surface area contributed by atoms with Gasteiger partial charge in [0.05, 0.1) is 12.9 Å². The molecule has 4 atom stereocenters. The van der Waals surface area contributed by atoms with Crippen molar-refractivity contribution in [2.24, 2.45) is 11.7 Å². The van der Waals surface area contributed by atoms with E-state index in [9.17, 15) is 0 Å². The number of ether oxygens (including phenoxy) is 1. The van der Waals surface area contributed by atoms with Gasteiger partial charge in [-0.05, 0) is 25.8 Å². The number of nitrogens with zero attached hydrogens (tertiary/aromatic N) is 1. The average molecular weight is 233 g/mol. The van der Waals surface area contributed by atoms with Gasteiger partial charge in [0.2, 0.25) is 0 Å². The fraction of sp³-hybridized carbons (Fsp3) is 0.818. The summed E-state index contributed by atoms with van der Waals surface area (Å²) >= 11 is 0. The van der Waals surface area contributed by atoms with Gasteiger partial charge in [-0.3, -0.25) is 4.90 Å². The molecule has 1 fully saturated rings. The molecule has 15 heavy (non-hydrogen) atoms. The lowest BCUT2D eigenvalue weighted by molar-refractivity contribution is 0.0600. The minimum atomic E-state index is 0. The number of nitrogens with two attached hydrogens (primary N) is 1. The number of piperidine rings is 1.